The molecule has 0 saturated heterocycles. The SMILES string of the molecule is O=[Si](O)O.[Hf].[Y]. The molecular weight excluding hydrogens is 343 g/mol. The van der Waals surface area contributed by atoms with Gasteiger partial charge in [-0.25, -0.2) is 0 Å². The summed E-state index contributed by atoms with van der Waals surface area (Å²) in [6, 6.07) is 0. The summed E-state index contributed by atoms with van der Waals surface area (Å²) in [5.74, 6) is 0. The molecule has 0 aromatic rings. The van der Waals surface area contributed by atoms with Gasteiger partial charge in [-0.1, -0.05) is 0 Å². The molecule has 0 atom stereocenters. The summed E-state index contributed by atoms with van der Waals surface area (Å²) in [5, 5.41) is 0. The van der Waals surface area contributed by atoms with E-state index in [1.54, 1.807) is 0 Å². The maximum absolute atomic E-state index is 8.74. The minimum Gasteiger partial charge on any atom is -0.511 e. The Kier molecular flexibility index (Phi) is 25.5. The van der Waals surface area contributed by atoms with E-state index in [9.17, 15) is 0 Å². The van der Waals surface area contributed by atoms with Crippen molar-refractivity contribution in [3.05, 3.63) is 0 Å². The third-order valence-corrected chi connectivity index (χ3v) is 0. The molecule has 0 heterocycles. The van der Waals surface area contributed by atoms with Crippen LogP contribution in [-0.4, -0.2) is 18.8 Å². The minimum atomic E-state index is -3.13. The molecule has 31 valence electrons. The van der Waals surface area contributed by atoms with Gasteiger partial charge in [-0.2, -0.15) is 0 Å². The van der Waals surface area contributed by atoms with Gasteiger partial charge in [0.05, 0.1) is 0 Å². The average molecular weight is 345 g/mol. The molecule has 0 bridgehead atoms. The third-order valence-electron chi connectivity index (χ3n) is 0. The van der Waals surface area contributed by atoms with Gasteiger partial charge < -0.3 is 9.59 Å². The quantitative estimate of drug-likeness (QED) is 0.519. The van der Waals surface area contributed by atoms with Crippen LogP contribution >= 0.6 is 0 Å². The van der Waals surface area contributed by atoms with Crippen LogP contribution in [0.25, 0.3) is 0 Å². The van der Waals surface area contributed by atoms with Crippen molar-refractivity contribution in [2.24, 2.45) is 0 Å². The van der Waals surface area contributed by atoms with Gasteiger partial charge in [0.1, 0.15) is 0 Å². The van der Waals surface area contributed by atoms with Crippen molar-refractivity contribution in [3.8, 4) is 0 Å². The van der Waals surface area contributed by atoms with Crippen LogP contribution < -0.4 is 0 Å². The van der Waals surface area contributed by atoms with E-state index in [0.29, 0.717) is 0 Å². The van der Waals surface area contributed by atoms with E-state index in [4.69, 9.17) is 14.1 Å². The van der Waals surface area contributed by atoms with Crippen molar-refractivity contribution in [1.82, 2.24) is 0 Å². The summed E-state index contributed by atoms with van der Waals surface area (Å²) in [4.78, 5) is 14.3. The molecule has 1 radical (unpaired) electrons. The van der Waals surface area contributed by atoms with Gasteiger partial charge >= 0.3 is 9.17 Å². The topological polar surface area (TPSA) is 57.5 Å². The van der Waals surface area contributed by atoms with Gasteiger partial charge in [0.25, 0.3) is 0 Å². The van der Waals surface area contributed by atoms with Crippen LogP contribution in [0.1, 0.15) is 0 Å². The van der Waals surface area contributed by atoms with E-state index in [2.05, 4.69) is 0 Å². The molecule has 0 amide bonds. The van der Waals surface area contributed by atoms with E-state index in [1.165, 1.54) is 0 Å². The summed E-state index contributed by atoms with van der Waals surface area (Å²) in [5.41, 5.74) is 0. The molecule has 2 N–H and O–H groups in total. The van der Waals surface area contributed by atoms with Gasteiger partial charge in [0.15, 0.2) is 0 Å². The summed E-state index contributed by atoms with van der Waals surface area (Å²) in [7, 11) is -3.13. The number of hydrogen-bond acceptors (Lipinski definition) is 1. The van der Waals surface area contributed by atoms with Crippen LogP contribution in [0.3, 0.4) is 0 Å². The van der Waals surface area contributed by atoms with Crippen molar-refractivity contribution in [2.45, 2.75) is 0 Å². The second-order valence-corrected chi connectivity index (χ2v) is 0.848. The second kappa shape index (κ2) is 9.77. The molecule has 0 aliphatic carbocycles. The van der Waals surface area contributed by atoms with Crippen molar-refractivity contribution < 1.29 is 72.6 Å². The predicted octanol–water partition coefficient (Wildman–Crippen LogP) is -1.62. The molecular formula is H2HfO3SiY. The average Bonchev–Trinajstić information content (AvgIpc) is 0.811. The maximum atomic E-state index is 8.74. The largest absolute Gasteiger partial charge is 0.761 e. The molecule has 0 aliphatic rings. The molecule has 0 rings (SSSR count). The van der Waals surface area contributed by atoms with E-state index in [-0.39, 0.29) is 58.6 Å². The van der Waals surface area contributed by atoms with Crippen LogP contribution in [0.15, 0.2) is 0 Å². The molecule has 0 aliphatic heterocycles. The number of hydrogen-bond donors (Lipinski definition) is 2. The molecule has 0 aromatic heterocycles. The van der Waals surface area contributed by atoms with Gasteiger partial charge in [0.2, 0.25) is 0 Å². The van der Waals surface area contributed by atoms with E-state index in [0.717, 1.165) is 0 Å². The van der Waals surface area contributed by atoms with Crippen LogP contribution in [0.2, 0.25) is 0 Å². The number of rotatable bonds is 0. The third kappa shape index (κ3) is 46.6. The zero-order chi connectivity index (χ0) is 3.58. The second-order valence-electron chi connectivity index (χ2n) is 0.283. The minimum absolute atomic E-state index is 0. The molecule has 0 saturated carbocycles. The molecule has 6 heavy (non-hydrogen) atoms. The Morgan fingerprint density at radius 1 is 1.33 bits per heavy atom. The fraction of sp³-hybridized carbons (Fsp3) is 0. The summed E-state index contributed by atoms with van der Waals surface area (Å²) < 4.78 is 8.74. The molecule has 0 unspecified atom stereocenters. The zero-order valence-electron chi connectivity index (χ0n) is 2.88. The van der Waals surface area contributed by atoms with Gasteiger partial charge in [-0.15, -0.1) is 0 Å². The van der Waals surface area contributed by atoms with Crippen LogP contribution in [-0.2, 0) is 63.0 Å². The summed E-state index contributed by atoms with van der Waals surface area (Å²) in [6.07, 6.45) is 0. The first kappa shape index (κ1) is 15.6. The first-order valence-electron chi connectivity index (χ1n) is 0.651. The molecule has 0 spiro atoms. The zero-order valence-corrected chi connectivity index (χ0v) is 10.3. The van der Waals surface area contributed by atoms with Gasteiger partial charge in [0, 0.05) is 58.6 Å². The Hall–Kier alpha value is 1.59. The van der Waals surface area contributed by atoms with Gasteiger partial charge in [-0.05, 0) is 0 Å². The fourth-order valence-electron chi connectivity index (χ4n) is 0. The normalized spacial score (nSPS) is 4.00. The Morgan fingerprint density at radius 2 is 1.33 bits per heavy atom. The Morgan fingerprint density at radius 3 is 1.33 bits per heavy atom. The standard InChI is InChI=1S/Hf.H2O3Si.Y/c;1-4(2)3;/h;1-2H;. The molecule has 6 heteroatoms. The first-order valence-corrected chi connectivity index (χ1v) is 1.95. The fourth-order valence-corrected chi connectivity index (χ4v) is 0. The maximum Gasteiger partial charge on any atom is 0.761 e. The van der Waals surface area contributed by atoms with Crippen LogP contribution in [0, 0.1) is 0 Å². The predicted molar refractivity (Wildman–Crippen MR) is 10.9 cm³/mol. The summed E-state index contributed by atoms with van der Waals surface area (Å²) >= 11 is 0. The Labute approximate surface area is 80.7 Å². The first-order chi connectivity index (χ1) is 1.73. The smallest absolute Gasteiger partial charge is 0.511 e. The van der Waals surface area contributed by atoms with Crippen molar-refractivity contribution in [1.29, 1.82) is 0 Å². The van der Waals surface area contributed by atoms with E-state index >= 15 is 0 Å². The molecule has 0 fully saturated rings. The van der Waals surface area contributed by atoms with Gasteiger partial charge in [-0.3, -0.25) is 4.46 Å². The van der Waals surface area contributed by atoms with Crippen LogP contribution in [0.4, 0.5) is 0 Å². The van der Waals surface area contributed by atoms with Crippen molar-refractivity contribution in [2.75, 3.05) is 0 Å². The Bertz CT molecular complexity index is 33.8. The van der Waals surface area contributed by atoms with E-state index < -0.39 is 9.17 Å². The van der Waals surface area contributed by atoms with E-state index in [1.807, 2.05) is 0 Å². The summed E-state index contributed by atoms with van der Waals surface area (Å²) in [6.45, 7) is 0. The van der Waals surface area contributed by atoms with Crippen molar-refractivity contribution >= 4 is 9.17 Å². The monoisotopic (exact) mass is 347 g/mol. The molecule has 3 nitrogen and oxygen atoms in total. The van der Waals surface area contributed by atoms with Crippen molar-refractivity contribution in [3.63, 3.8) is 0 Å². The Balaban J connectivity index is -0.0000000450. The van der Waals surface area contributed by atoms with Crippen LogP contribution in [0.5, 0.6) is 0 Å². The molecule has 0 aromatic carbocycles.